The van der Waals surface area contributed by atoms with E-state index >= 15 is 0 Å². The second-order valence-corrected chi connectivity index (χ2v) is 11.3. The van der Waals surface area contributed by atoms with Crippen LogP contribution in [-0.4, -0.2) is 51.2 Å². The van der Waals surface area contributed by atoms with E-state index in [0.717, 1.165) is 53.4 Å². The number of carbonyl (C=O) groups excluding carboxylic acids is 2. The number of unbranched alkanes of at least 4 members (excludes halogenated alkanes) is 1. The van der Waals surface area contributed by atoms with Gasteiger partial charge in [0, 0.05) is 19.4 Å². The maximum Gasteiger partial charge on any atom is 0.230 e. The van der Waals surface area contributed by atoms with Crippen molar-refractivity contribution in [2.24, 2.45) is 0 Å². The van der Waals surface area contributed by atoms with Crippen molar-refractivity contribution in [1.82, 2.24) is 25.3 Å². The molecule has 0 saturated carbocycles. The zero-order chi connectivity index (χ0) is 26.7. The summed E-state index contributed by atoms with van der Waals surface area (Å²) in [6.45, 7) is 0.834. The molecule has 0 fully saturated rings. The number of rotatable bonds is 13. The predicted octanol–water partition coefficient (Wildman–Crippen LogP) is 4.38. The smallest absolute Gasteiger partial charge is 0.230 e. The maximum absolute atomic E-state index is 12.5. The first-order valence-corrected chi connectivity index (χ1v) is 14.1. The monoisotopic (exact) mass is 549 g/mol. The van der Waals surface area contributed by atoms with E-state index < -0.39 is 0 Å². The lowest BCUT2D eigenvalue weighted by molar-refractivity contribution is -0.116. The largest absolute Gasteiger partial charge is 0.305 e. The minimum absolute atomic E-state index is 0.0994. The van der Waals surface area contributed by atoms with Crippen LogP contribution in [0.15, 0.2) is 54.6 Å². The number of nitrogens with one attached hydrogen (secondary N) is 2. The lowest BCUT2D eigenvalue weighted by Gasteiger charge is -2.10. The van der Waals surface area contributed by atoms with Crippen LogP contribution in [0.1, 0.15) is 39.5 Å². The number of aryl methyl sites for hydroxylation is 2. The number of benzene rings is 2. The highest BCUT2D eigenvalue weighted by Gasteiger charge is 2.11. The van der Waals surface area contributed by atoms with Crippen LogP contribution in [0.3, 0.4) is 0 Å². The Bertz CT molecular complexity index is 1340. The molecule has 0 aliphatic heterocycles. The summed E-state index contributed by atoms with van der Waals surface area (Å²) in [5.74, 6) is -0.200. The molecule has 0 unspecified atom stereocenters. The fourth-order valence-corrected chi connectivity index (χ4v) is 5.45. The third-order valence-electron chi connectivity index (χ3n) is 5.52. The van der Waals surface area contributed by atoms with Gasteiger partial charge in [-0.1, -0.05) is 77.3 Å². The Balaban J connectivity index is 1.15. The molecule has 2 N–H and O–H groups in total. The van der Waals surface area contributed by atoms with Gasteiger partial charge in [-0.3, -0.25) is 9.59 Å². The molecule has 2 aromatic heterocycles. The average Bonchev–Trinajstić information content (AvgIpc) is 3.51. The van der Waals surface area contributed by atoms with Crippen molar-refractivity contribution in [3.63, 3.8) is 0 Å². The maximum atomic E-state index is 12.5. The predicted molar refractivity (Wildman–Crippen MR) is 151 cm³/mol. The molecule has 0 spiro atoms. The van der Waals surface area contributed by atoms with Crippen LogP contribution >= 0.6 is 22.7 Å². The third kappa shape index (κ3) is 9.09. The Hall–Kier alpha value is -3.54. The summed E-state index contributed by atoms with van der Waals surface area (Å²) < 4.78 is 0. The second-order valence-electron chi connectivity index (χ2n) is 9.20. The van der Waals surface area contributed by atoms with Crippen molar-refractivity contribution in [1.29, 1.82) is 0 Å². The van der Waals surface area contributed by atoms with Gasteiger partial charge in [-0.15, -0.1) is 20.4 Å². The lowest BCUT2D eigenvalue weighted by atomic mass is 10.1. The first kappa shape index (κ1) is 27.5. The van der Waals surface area contributed by atoms with Crippen LogP contribution in [-0.2, 0) is 41.8 Å². The molecule has 198 valence electrons. The Morgan fingerprint density at radius 2 is 1.24 bits per heavy atom. The molecule has 4 aromatic rings. The van der Waals surface area contributed by atoms with E-state index in [4.69, 9.17) is 0 Å². The fourth-order valence-electron chi connectivity index (χ4n) is 3.86. The Morgan fingerprint density at radius 3 is 1.82 bits per heavy atom. The van der Waals surface area contributed by atoms with Crippen molar-refractivity contribution in [3.05, 3.63) is 81.3 Å². The molecule has 2 aromatic carbocycles. The van der Waals surface area contributed by atoms with Gasteiger partial charge in [0.15, 0.2) is 0 Å². The molecule has 2 amide bonds. The molecule has 11 heteroatoms. The van der Waals surface area contributed by atoms with Crippen LogP contribution in [0.2, 0.25) is 0 Å². The first-order valence-electron chi connectivity index (χ1n) is 12.4. The van der Waals surface area contributed by atoms with Crippen LogP contribution in [0, 0.1) is 0 Å². The standard InChI is InChI=1S/C27H31N7O2S2/c1-34(2)18-21-12-8-11-20(15-21)17-23(36)29-27-33-31-25(38-27)14-7-6-13-24-30-32-26(37-24)28-22(35)16-19-9-4-3-5-10-19/h3-5,8-12,15H,6-7,13-14,16-18H2,1-2H3,(H,28,32,35)(H,29,33,36). The highest BCUT2D eigenvalue weighted by atomic mass is 32.1. The first-order chi connectivity index (χ1) is 18.4. The van der Waals surface area contributed by atoms with E-state index in [1.807, 2.05) is 56.6 Å². The summed E-state index contributed by atoms with van der Waals surface area (Å²) in [4.78, 5) is 26.8. The molecule has 38 heavy (non-hydrogen) atoms. The zero-order valence-electron chi connectivity index (χ0n) is 21.5. The van der Waals surface area contributed by atoms with E-state index in [2.05, 4.69) is 48.1 Å². The van der Waals surface area contributed by atoms with Crippen molar-refractivity contribution < 1.29 is 9.59 Å². The topological polar surface area (TPSA) is 113 Å². The zero-order valence-corrected chi connectivity index (χ0v) is 23.1. The molecule has 0 aliphatic rings. The summed E-state index contributed by atoms with van der Waals surface area (Å²) >= 11 is 2.81. The van der Waals surface area contributed by atoms with E-state index in [9.17, 15) is 9.59 Å². The van der Waals surface area contributed by atoms with E-state index in [0.29, 0.717) is 23.1 Å². The summed E-state index contributed by atoms with van der Waals surface area (Å²) in [5.41, 5.74) is 3.11. The van der Waals surface area contributed by atoms with Crippen molar-refractivity contribution >= 4 is 44.8 Å². The van der Waals surface area contributed by atoms with Crippen LogP contribution in [0.25, 0.3) is 0 Å². The van der Waals surface area contributed by atoms with E-state index in [1.54, 1.807) is 0 Å². The Labute approximate surface area is 230 Å². The molecule has 0 bridgehead atoms. The molecule has 2 heterocycles. The molecule has 4 rings (SSSR count). The molecule has 0 atom stereocenters. The normalized spacial score (nSPS) is 11.0. The minimum Gasteiger partial charge on any atom is -0.305 e. The Kier molecular flexibility index (Phi) is 10.0. The van der Waals surface area contributed by atoms with Gasteiger partial charge in [-0.2, -0.15) is 0 Å². The summed E-state index contributed by atoms with van der Waals surface area (Å²) in [6.07, 6.45) is 3.99. The number of amides is 2. The number of anilines is 2. The van der Waals surface area contributed by atoms with Crippen LogP contribution in [0.5, 0.6) is 0 Å². The van der Waals surface area contributed by atoms with Gasteiger partial charge < -0.3 is 15.5 Å². The highest BCUT2D eigenvalue weighted by Crippen LogP contribution is 2.20. The minimum atomic E-state index is -0.101. The van der Waals surface area contributed by atoms with Crippen molar-refractivity contribution in [3.8, 4) is 0 Å². The van der Waals surface area contributed by atoms with Gasteiger partial charge >= 0.3 is 0 Å². The third-order valence-corrected chi connectivity index (χ3v) is 7.32. The van der Waals surface area contributed by atoms with Gasteiger partial charge in [0.2, 0.25) is 22.1 Å². The number of hydrogen-bond donors (Lipinski definition) is 2. The molecule has 0 aliphatic carbocycles. The number of nitrogens with zero attached hydrogens (tertiary/aromatic N) is 5. The van der Waals surface area contributed by atoms with Crippen molar-refractivity contribution in [2.45, 2.75) is 45.1 Å². The summed E-state index contributed by atoms with van der Waals surface area (Å²) in [6, 6.07) is 17.7. The van der Waals surface area contributed by atoms with Crippen LogP contribution < -0.4 is 10.6 Å². The molecule has 0 radical (unpaired) electrons. The summed E-state index contributed by atoms with van der Waals surface area (Å²) in [7, 11) is 4.04. The lowest BCUT2D eigenvalue weighted by Crippen LogP contribution is -2.15. The highest BCUT2D eigenvalue weighted by molar-refractivity contribution is 7.15. The van der Waals surface area contributed by atoms with Gasteiger partial charge in [0.1, 0.15) is 10.0 Å². The van der Waals surface area contributed by atoms with Gasteiger partial charge in [-0.25, -0.2) is 0 Å². The van der Waals surface area contributed by atoms with E-state index in [-0.39, 0.29) is 11.8 Å². The summed E-state index contributed by atoms with van der Waals surface area (Å²) in [5, 5.41) is 25.1. The van der Waals surface area contributed by atoms with Crippen molar-refractivity contribution in [2.75, 3.05) is 24.7 Å². The second kappa shape index (κ2) is 13.8. The van der Waals surface area contributed by atoms with Gasteiger partial charge in [0.25, 0.3) is 0 Å². The van der Waals surface area contributed by atoms with Gasteiger partial charge in [0.05, 0.1) is 12.8 Å². The SMILES string of the molecule is CN(C)Cc1cccc(CC(=O)Nc2nnc(CCCCc3nnc(NC(=O)Cc4ccccc4)s3)s2)c1. The molecular formula is C27H31N7O2S2. The molecular weight excluding hydrogens is 518 g/mol. The van der Waals surface area contributed by atoms with E-state index in [1.165, 1.54) is 28.2 Å². The Morgan fingerprint density at radius 1 is 0.711 bits per heavy atom. The molecule has 9 nitrogen and oxygen atoms in total. The average molecular weight is 550 g/mol. The van der Waals surface area contributed by atoms with Gasteiger partial charge in [-0.05, 0) is 43.6 Å². The quantitative estimate of drug-likeness (QED) is 0.238. The van der Waals surface area contributed by atoms with Crippen LogP contribution in [0.4, 0.5) is 10.3 Å². The number of carbonyl (C=O) groups is 2. The number of aromatic nitrogens is 4. The molecule has 0 saturated heterocycles. The fraction of sp³-hybridized carbons (Fsp3) is 0.333. The number of hydrogen-bond acceptors (Lipinski definition) is 9.